The number of benzene rings is 1. The maximum Gasteiger partial charge on any atom is 0.332 e. The van der Waals surface area contributed by atoms with Gasteiger partial charge in [-0.1, -0.05) is 31.5 Å². The molecule has 0 bridgehead atoms. The second-order valence-corrected chi connectivity index (χ2v) is 7.56. The minimum absolute atomic E-state index is 0.134. The molecule has 2 heterocycles. The largest absolute Gasteiger partial charge is 0.332 e. The third kappa shape index (κ3) is 3.95. The van der Waals surface area contributed by atoms with E-state index in [0.29, 0.717) is 18.0 Å². The van der Waals surface area contributed by atoms with E-state index < -0.39 is 17.1 Å². The Hall–Kier alpha value is -2.94. The summed E-state index contributed by atoms with van der Waals surface area (Å²) in [6.45, 7) is 4.64. The number of aromatic nitrogens is 4. The van der Waals surface area contributed by atoms with Crippen molar-refractivity contribution in [3.63, 3.8) is 0 Å². The number of hydrogen-bond donors (Lipinski definition) is 1. The van der Waals surface area contributed by atoms with Crippen molar-refractivity contribution in [3.05, 3.63) is 55.4 Å². The van der Waals surface area contributed by atoms with Gasteiger partial charge in [0.05, 0.1) is 11.2 Å². The molecule has 0 aliphatic carbocycles. The molecule has 3 rings (SSSR count). The van der Waals surface area contributed by atoms with Gasteiger partial charge in [-0.05, 0) is 24.5 Å². The van der Waals surface area contributed by atoms with Crippen LogP contribution in [-0.4, -0.2) is 24.9 Å². The van der Waals surface area contributed by atoms with E-state index in [2.05, 4.69) is 29.4 Å². The van der Waals surface area contributed by atoms with Crippen LogP contribution in [0.1, 0.15) is 25.8 Å². The Labute approximate surface area is 171 Å². The van der Waals surface area contributed by atoms with Crippen molar-refractivity contribution in [2.45, 2.75) is 26.8 Å². The highest BCUT2D eigenvalue weighted by atomic mass is 35.5. The van der Waals surface area contributed by atoms with Crippen LogP contribution < -0.4 is 16.7 Å². The maximum atomic E-state index is 13.9. The Balaban J connectivity index is 2.09. The standard InChI is InChI=1S/C19H22ClFN6O2/c1-11(2)8-9-27-15-16(25(3)19(29)26(4)17(15)28)23-18(27)24-22-10-12-13(20)6-5-7-14(12)21/h5-7,10-11H,8-9H2,1-4H3,(H,23,24). The van der Waals surface area contributed by atoms with Gasteiger partial charge in [0, 0.05) is 26.2 Å². The monoisotopic (exact) mass is 420 g/mol. The van der Waals surface area contributed by atoms with Crippen molar-refractivity contribution in [2.75, 3.05) is 5.43 Å². The van der Waals surface area contributed by atoms with E-state index in [1.165, 1.54) is 30.0 Å². The first-order valence-electron chi connectivity index (χ1n) is 9.11. The van der Waals surface area contributed by atoms with Gasteiger partial charge in [-0.2, -0.15) is 10.1 Å². The van der Waals surface area contributed by atoms with Gasteiger partial charge in [-0.3, -0.25) is 13.9 Å². The number of halogens is 2. The number of aryl methyl sites for hydroxylation is 2. The molecule has 0 radical (unpaired) electrons. The summed E-state index contributed by atoms with van der Waals surface area (Å²) in [5.74, 6) is 0.160. The van der Waals surface area contributed by atoms with Crippen molar-refractivity contribution in [3.8, 4) is 0 Å². The summed E-state index contributed by atoms with van der Waals surface area (Å²) < 4.78 is 18.0. The summed E-state index contributed by atoms with van der Waals surface area (Å²) in [5.41, 5.74) is 2.54. The molecule has 0 aliphatic heterocycles. The highest BCUT2D eigenvalue weighted by Gasteiger charge is 2.19. The Kier molecular flexibility index (Phi) is 5.88. The number of hydrogen-bond acceptors (Lipinski definition) is 5. The first-order valence-corrected chi connectivity index (χ1v) is 9.49. The second kappa shape index (κ2) is 8.20. The van der Waals surface area contributed by atoms with Crippen LogP contribution in [-0.2, 0) is 20.6 Å². The molecule has 0 unspecified atom stereocenters. The van der Waals surface area contributed by atoms with Crippen LogP contribution in [0.25, 0.3) is 11.2 Å². The number of rotatable bonds is 6. The lowest BCUT2D eigenvalue weighted by atomic mass is 10.1. The summed E-state index contributed by atoms with van der Waals surface area (Å²) in [5, 5.41) is 4.26. The number of nitrogens with one attached hydrogen (secondary N) is 1. The lowest BCUT2D eigenvalue weighted by molar-refractivity contribution is 0.524. The molecular weight excluding hydrogens is 399 g/mol. The van der Waals surface area contributed by atoms with Crippen LogP contribution in [0.2, 0.25) is 5.02 Å². The van der Waals surface area contributed by atoms with Crippen LogP contribution >= 0.6 is 11.6 Å². The molecule has 0 amide bonds. The van der Waals surface area contributed by atoms with Gasteiger partial charge in [0.1, 0.15) is 5.82 Å². The quantitative estimate of drug-likeness (QED) is 0.490. The minimum atomic E-state index is -0.507. The van der Waals surface area contributed by atoms with E-state index in [1.807, 2.05) is 0 Å². The Bertz CT molecular complexity index is 1190. The first-order chi connectivity index (χ1) is 13.7. The SMILES string of the molecule is CC(C)CCn1c(NN=Cc2c(F)cccc2Cl)nc2c1c(=O)n(C)c(=O)n2C. The fraction of sp³-hybridized carbons (Fsp3) is 0.368. The normalized spacial score (nSPS) is 11.8. The number of hydrazone groups is 1. The van der Waals surface area contributed by atoms with Crippen LogP contribution in [0.5, 0.6) is 0 Å². The van der Waals surface area contributed by atoms with Crippen LogP contribution in [0, 0.1) is 11.7 Å². The Morgan fingerprint density at radius 2 is 2.00 bits per heavy atom. The molecular formula is C19H22ClFN6O2. The van der Waals surface area contributed by atoms with Gasteiger partial charge >= 0.3 is 5.69 Å². The summed E-state index contributed by atoms with van der Waals surface area (Å²) >= 11 is 6.01. The zero-order valence-corrected chi connectivity index (χ0v) is 17.4. The molecule has 0 atom stereocenters. The second-order valence-electron chi connectivity index (χ2n) is 7.15. The topological polar surface area (TPSA) is 86.2 Å². The molecule has 154 valence electrons. The van der Waals surface area contributed by atoms with Crippen molar-refractivity contribution >= 4 is 34.9 Å². The number of anilines is 1. The molecule has 1 aromatic carbocycles. The number of imidazole rings is 1. The van der Waals surface area contributed by atoms with E-state index in [0.717, 1.165) is 11.0 Å². The van der Waals surface area contributed by atoms with E-state index in [1.54, 1.807) is 17.7 Å². The summed E-state index contributed by atoms with van der Waals surface area (Å²) in [6.07, 6.45) is 2.04. The first kappa shape index (κ1) is 20.8. The summed E-state index contributed by atoms with van der Waals surface area (Å²) in [6, 6.07) is 4.35. The molecule has 0 fully saturated rings. The summed E-state index contributed by atoms with van der Waals surface area (Å²) in [7, 11) is 2.98. The van der Waals surface area contributed by atoms with Crippen molar-refractivity contribution < 1.29 is 4.39 Å². The molecule has 0 spiro atoms. The molecule has 0 saturated carbocycles. The lowest BCUT2D eigenvalue weighted by Gasteiger charge is -2.10. The fourth-order valence-corrected chi connectivity index (χ4v) is 3.14. The van der Waals surface area contributed by atoms with Gasteiger partial charge in [0.2, 0.25) is 5.95 Å². The molecule has 3 aromatic rings. The molecule has 10 heteroatoms. The van der Waals surface area contributed by atoms with Crippen LogP contribution in [0.15, 0.2) is 32.9 Å². The van der Waals surface area contributed by atoms with E-state index in [4.69, 9.17) is 11.6 Å². The molecule has 29 heavy (non-hydrogen) atoms. The molecule has 8 nitrogen and oxygen atoms in total. The van der Waals surface area contributed by atoms with Crippen molar-refractivity contribution in [1.29, 1.82) is 0 Å². The highest BCUT2D eigenvalue weighted by molar-refractivity contribution is 6.33. The van der Waals surface area contributed by atoms with E-state index >= 15 is 0 Å². The average molecular weight is 421 g/mol. The average Bonchev–Trinajstić information content (AvgIpc) is 3.04. The molecule has 1 N–H and O–H groups in total. The minimum Gasteiger partial charge on any atom is -0.303 e. The zero-order valence-electron chi connectivity index (χ0n) is 16.6. The van der Waals surface area contributed by atoms with Gasteiger partial charge in [0.25, 0.3) is 5.56 Å². The van der Waals surface area contributed by atoms with Gasteiger partial charge in [0.15, 0.2) is 11.2 Å². The van der Waals surface area contributed by atoms with Gasteiger partial charge in [-0.15, -0.1) is 0 Å². The maximum absolute atomic E-state index is 13.9. The van der Waals surface area contributed by atoms with Crippen LogP contribution in [0.4, 0.5) is 10.3 Å². The Morgan fingerprint density at radius 1 is 1.28 bits per heavy atom. The third-order valence-electron chi connectivity index (χ3n) is 4.64. The Morgan fingerprint density at radius 3 is 2.66 bits per heavy atom. The van der Waals surface area contributed by atoms with Crippen LogP contribution in [0.3, 0.4) is 0 Å². The van der Waals surface area contributed by atoms with E-state index in [9.17, 15) is 14.0 Å². The third-order valence-corrected chi connectivity index (χ3v) is 4.97. The summed E-state index contributed by atoms with van der Waals surface area (Å²) in [4.78, 5) is 29.3. The zero-order chi connectivity index (χ0) is 21.3. The predicted octanol–water partition coefficient (Wildman–Crippen LogP) is 2.72. The van der Waals surface area contributed by atoms with Gasteiger partial charge in [-0.25, -0.2) is 14.6 Å². The number of fused-ring (bicyclic) bond motifs is 1. The molecule has 0 saturated heterocycles. The smallest absolute Gasteiger partial charge is 0.303 e. The molecule has 2 aromatic heterocycles. The lowest BCUT2D eigenvalue weighted by Crippen LogP contribution is -2.37. The number of nitrogens with zero attached hydrogens (tertiary/aromatic N) is 5. The fourth-order valence-electron chi connectivity index (χ4n) is 2.93. The van der Waals surface area contributed by atoms with Crippen molar-refractivity contribution in [1.82, 2.24) is 18.7 Å². The molecule has 0 aliphatic rings. The van der Waals surface area contributed by atoms with E-state index in [-0.39, 0.29) is 22.2 Å². The highest BCUT2D eigenvalue weighted by Crippen LogP contribution is 2.19. The predicted molar refractivity (Wildman–Crippen MR) is 112 cm³/mol. The van der Waals surface area contributed by atoms with Gasteiger partial charge < -0.3 is 4.57 Å². The van der Waals surface area contributed by atoms with Crippen molar-refractivity contribution in [2.24, 2.45) is 25.1 Å².